The molecule has 2 aromatic carbocycles. The van der Waals surface area contributed by atoms with Gasteiger partial charge in [0.15, 0.2) is 0 Å². The van der Waals surface area contributed by atoms with Crippen LogP contribution in [0.15, 0.2) is 53.4 Å². The van der Waals surface area contributed by atoms with Gasteiger partial charge in [-0.1, -0.05) is 48.0 Å². The molecule has 0 aliphatic carbocycles. The van der Waals surface area contributed by atoms with Gasteiger partial charge < -0.3 is 4.57 Å². The number of carbonyl (C=O) groups is 2. The summed E-state index contributed by atoms with van der Waals surface area (Å²) in [7, 11) is 0. The molecule has 1 N–H and O–H groups in total. The molecule has 2 heterocycles. The second-order valence-electron chi connectivity index (χ2n) is 6.05. The van der Waals surface area contributed by atoms with Crippen LogP contribution in [0.4, 0.5) is 4.79 Å². The van der Waals surface area contributed by atoms with Crippen LogP contribution < -0.4 is 5.32 Å². The maximum Gasteiger partial charge on any atom is 0.290 e. The Balaban J connectivity index is 1.87. The molecule has 0 bridgehead atoms. The summed E-state index contributed by atoms with van der Waals surface area (Å²) in [6, 6.07) is 15.8. The van der Waals surface area contributed by atoms with E-state index >= 15 is 0 Å². The third-order valence-corrected chi connectivity index (χ3v) is 5.66. The van der Waals surface area contributed by atoms with Crippen LogP contribution in [0.3, 0.4) is 0 Å². The minimum Gasteiger partial charge on any atom is -0.340 e. The Morgan fingerprint density at radius 3 is 2.58 bits per heavy atom. The zero-order valence-corrected chi connectivity index (χ0v) is 15.5. The quantitative estimate of drug-likeness (QED) is 0.650. The van der Waals surface area contributed by atoms with Gasteiger partial charge in [-0.3, -0.25) is 14.9 Å². The average molecular weight is 383 g/mol. The van der Waals surface area contributed by atoms with E-state index in [1.165, 1.54) is 0 Å². The lowest BCUT2D eigenvalue weighted by atomic mass is 10.1. The van der Waals surface area contributed by atoms with Crippen molar-refractivity contribution in [3.05, 3.63) is 75.3 Å². The number of amides is 2. The summed E-state index contributed by atoms with van der Waals surface area (Å²) in [6.07, 6.45) is 1.80. The van der Waals surface area contributed by atoms with Crippen molar-refractivity contribution in [2.45, 2.75) is 13.5 Å². The highest BCUT2D eigenvalue weighted by molar-refractivity contribution is 8.18. The van der Waals surface area contributed by atoms with E-state index in [1.54, 1.807) is 6.08 Å². The van der Waals surface area contributed by atoms with Gasteiger partial charge in [0, 0.05) is 33.7 Å². The highest BCUT2D eigenvalue weighted by Gasteiger charge is 2.26. The molecule has 1 aliphatic rings. The van der Waals surface area contributed by atoms with E-state index < -0.39 is 0 Å². The Hall–Kier alpha value is -2.50. The summed E-state index contributed by atoms with van der Waals surface area (Å²) in [4.78, 5) is 23.8. The molecule has 0 radical (unpaired) electrons. The van der Waals surface area contributed by atoms with E-state index in [2.05, 4.69) is 9.88 Å². The molecule has 0 unspecified atom stereocenters. The Labute approximate surface area is 159 Å². The van der Waals surface area contributed by atoms with E-state index in [-0.39, 0.29) is 11.1 Å². The molecule has 26 heavy (non-hydrogen) atoms. The summed E-state index contributed by atoms with van der Waals surface area (Å²) < 4.78 is 2.18. The number of fused-ring (bicyclic) bond motifs is 1. The van der Waals surface area contributed by atoms with Crippen molar-refractivity contribution >= 4 is 51.5 Å². The molecule has 1 aliphatic heterocycles. The number of imide groups is 1. The number of nitrogens with zero attached hydrogens (tertiary/aromatic N) is 1. The lowest BCUT2D eigenvalue weighted by molar-refractivity contribution is -0.115. The molecule has 0 spiro atoms. The highest BCUT2D eigenvalue weighted by Crippen LogP contribution is 2.33. The van der Waals surface area contributed by atoms with Crippen LogP contribution in [-0.2, 0) is 11.3 Å². The van der Waals surface area contributed by atoms with Crippen LogP contribution in [0, 0.1) is 6.92 Å². The Morgan fingerprint density at radius 1 is 1.12 bits per heavy atom. The first kappa shape index (κ1) is 16.9. The fraction of sp³-hybridized carbons (Fsp3) is 0.100. The number of nitrogens with one attached hydrogen (secondary N) is 1. The lowest BCUT2D eigenvalue weighted by Gasteiger charge is -2.10. The number of hydrogen-bond donors (Lipinski definition) is 1. The lowest BCUT2D eigenvalue weighted by Crippen LogP contribution is -2.17. The first-order chi connectivity index (χ1) is 12.5. The Bertz CT molecular complexity index is 1080. The van der Waals surface area contributed by atoms with Crippen LogP contribution in [-0.4, -0.2) is 15.7 Å². The maximum atomic E-state index is 11.9. The van der Waals surface area contributed by atoms with E-state index in [9.17, 15) is 9.59 Å². The smallest absolute Gasteiger partial charge is 0.290 e. The van der Waals surface area contributed by atoms with Gasteiger partial charge >= 0.3 is 0 Å². The minimum absolute atomic E-state index is 0.335. The van der Waals surface area contributed by atoms with E-state index in [4.69, 9.17) is 11.6 Å². The van der Waals surface area contributed by atoms with Crippen LogP contribution in [0.1, 0.15) is 16.8 Å². The molecule has 4 nitrogen and oxygen atoms in total. The van der Waals surface area contributed by atoms with Crippen LogP contribution in [0.2, 0.25) is 5.02 Å². The summed E-state index contributed by atoms with van der Waals surface area (Å²) in [5, 5.41) is 3.73. The molecule has 0 atom stereocenters. The van der Waals surface area contributed by atoms with Gasteiger partial charge in [-0.25, -0.2) is 0 Å². The predicted octanol–water partition coefficient (Wildman–Crippen LogP) is 4.98. The molecule has 1 saturated heterocycles. The van der Waals surface area contributed by atoms with Gasteiger partial charge in [0.1, 0.15) is 0 Å². The first-order valence-electron chi connectivity index (χ1n) is 8.10. The molecular formula is C20H15ClN2O2S. The number of para-hydroxylation sites is 1. The molecule has 4 rings (SSSR count). The van der Waals surface area contributed by atoms with Crippen molar-refractivity contribution < 1.29 is 9.59 Å². The average Bonchev–Trinajstić information content (AvgIpc) is 3.08. The summed E-state index contributed by atoms with van der Waals surface area (Å²) in [6.45, 7) is 2.65. The van der Waals surface area contributed by atoms with Crippen molar-refractivity contribution in [3.8, 4) is 0 Å². The van der Waals surface area contributed by atoms with Crippen molar-refractivity contribution in [3.63, 3.8) is 0 Å². The summed E-state index contributed by atoms with van der Waals surface area (Å²) >= 11 is 7.27. The number of aromatic nitrogens is 1. The largest absolute Gasteiger partial charge is 0.340 e. The van der Waals surface area contributed by atoms with Gasteiger partial charge in [-0.05, 0) is 42.5 Å². The normalized spacial score (nSPS) is 15.8. The van der Waals surface area contributed by atoms with Gasteiger partial charge in [-0.2, -0.15) is 0 Å². The number of hydrogen-bond acceptors (Lipinski definition) is 3. The van der Waals surface area contributed by atoms with Gasteiger partial charge in [0.2, 0.25) is 0 Å². The zero-order chi connectivity index (χ0) is 18.3. The van der Waals surface area contributed by atoms with Crippen molar-refractivity contribution in [2.75, 3.05) is 0 Å². The third-order valence-electron chi connectivity index (χ3n) is 4.48. The monoisotopic (exact) mass is 382 g/mol. The maximum absolute atomic E-state index is 11.9. The SMILES string of the molecule is Cc1c(/C=C2\SC(=O)NC2=O)c2ccccc2n1Cc1ccccc1Cl. The van der Waals surface area contributed by atoms with Crippen molar-refractivity contribution in [1.82, 2.24) is 9.88 Å². The second kappa shape index (κ2) is 6.67. The van der Waals surface area contributed by atoms with E-state index in [0.29, 0.717) is 11.4 Å². The standard InChI is InChI=1S/C20H15ClN2O2S/c1-12-15(10-18-19(24)22-20(25)26-18)14-7-3-5-9-17(14)23(12)11-13-6-2-4-8-16(13)21/h2-10H,11H2,1H3,(H,22,24,25)/b18-10-. The minimum atomic E-state index is -0.345. The molecule has 130 valence electrons. The number of thioether (sulfide) groups is 1. The highest BCUT2D eigenvalue weighted by atomic mass is 35.5. The molecule has 0 saturated carbocycles. The fourth-order valence-electron chi connectivity index (χ4n) is 3.19. The third kappa shape index (κ3) is 2.93. The van der Waals surface area contributed by atoms with Crippen LogP contribution >= 0.6 is 23.4 Å². The molecule has 3 aromatic rings. The van der Waals surface area contributed by atoms with E-state index in [0.717, 1.165) is 44.5 Å². The second-order valence-corrected chi connectivity index (χ2v) is 7.47. The summed E-state index contributed by atoms with van der Waals surface area (Å²) in [5.74, 6) is -0.345. The van der Waals surface area contributed by atoms with Gasteiger partial charge in [0.05, 0.1) is 4.91 Å². The molecule has 6 heteroatoms. The number of carbonyl (C=O) groups excluding carboxylic acids is 2. The Kier molecular flexibility index (Phi) is 4.34. The fourth-order valence-corrected chi connectivity index (χ4v) is 4.05. The summed E-state index contributed by atoms with van der Waals surface area (Å²) in [5.41, 5.74) is 4.05. The van der Waals surface area contributed by atoms with Crippen LogP contribution in [0.5, 0.6) is 0 Å². The molecule has 2 amide bonds. The molecular weight excluding hydrogens is 368 g/mol. The van der Waals surface area contributed by atoms with Crippen LogP contribution in [0.25, 0.3) is 17.0 Å². The topological polar surface area (TPSA) is 51.1 Å². The zero-order valence-electron chi connectivity index (χ0n) is 14.0. The molecule has 1 fully saturated rings. The Morgan fingerprint density at radius 2 is 1.85 bits per heavy atom. The molecule has 1 aromatic heterocycles. The number of benzene rings is 2. The number of rotatable bonds is 3. The van der Waals surface area contributed by atoms with E-state index in [1.807, 2.05) is 55.5 Å². The van der Waals surface area contributed by atoms with Crippen molar-refractivity contribution in [1.29, 1.82) is 0 Å². The first-order valence-corrected chi connectivity index (χ1v) is 9.30. The van der Waals surface area contributed by atoms with Gasteiger partial charge in [-0.15, -0.1) is 0 Å². The van der Waals surface area contributed by atoms with Crippen molar-refractivity contribution in [2.24, 2.45) is 0 Å². The number of halogens is 1. The van der Waals surface area contributed by atoms with Gasteiger partial charge in [0.25, 0.3) is 11.1 Å². The predicted molar refractivity (Wildman–Crippen MR) is 106 cm³/mol.